The number of hydrogen-bond acceptors (Lipinski definition) is 2. The van der Waals surface area contributed by atoms with Gasteiger partial charge in [-0.3, -0.25) is 4.79 Å². The van der Waals surface area contributed by atoms with E-state index in [1.807, 2.05) is 23.1 Å². The first kappa shape index (κ1) is 16.0. The van der Waals surface area contributed by atoms with Crippen molar-refractivity contribution in [1.82, 2.24) is 4.90 Å². The Labute approximate surface area is 128 Å². The van der Waals surface area contributed by atoms with Crippen LogP contribution in [0.2, 0.25) is 0 Å². The van der Waals surface area contributed by atoms with Gasteiger partial charge in [-0.1, -0.05) is 44.2 Å². The van der Waals surface area contributed by atoms with Crippen LogP contribution in [0.4, 0.5) is 0 Å². The van der Waals surface area contributed by atoms with E-state index < -0.39 is 0 Å². The molecule has 2 atom stereocenters. The first-order valence-electron chi connectivity index (χ1n) is 8.09. The standard InChI is InChI=1S/C18H28N2O/c1-13(2)11-17(19)18(21)20(14(3)16-9-10-16)12-15-7-5-4-6-8-15/h4-8,13-14,16-17H,9-12,19H2,1-3H3/t14?,17-/m0/s1. The zero-order valence-electron chi connectivity index (χ0n) is 13.5. The van der Waals surface area contributed by atoms with Crippen LogP contribution < -0.4 is 5.73 Å². The monoisotopic (exact) mass is 288 g/mol. The number of nitrogens with zero attached hydrogens (tertiary/aromatic N) is 1. The van der Waals surface area contributed by atoms with Gasteiger partial charge in [0, 0.05) is 12.6 Å². The summed E-state index contributed by atoms with van der Waals surface area (Å²) >= 11 is 0. The molecular weight excluding hydrogens is 260 g/mol. The summed E-state index contributed by atoms with van der Waals surface area (Å²) in [6, 6.07) is 10.1. The number of amides is 1. The average molecular weight is 288 g/mol. The third-order valence-corrected chi connectivity index (χ3v) is 4.32. The van der Waals surface area contributed by atoms with Crippen LogP contribution in [0.15, 0.2) is 30.3 Å². The highest BCUT2D eigenvalue weighted by molar-refractivity contribution is 5.82. The van der Waals surface area contributed by atoms with Crippen LogP contribution in [0.3, 0.4) is 0 Å². The normalized spacial score (nSPS) is 17.6. The van der Waals surface area contributed by atoms with E-state index in [1.54, 1.807) is 0 Å². The summed E-state index contributed by atoms with van der Waals surface area (Å²) in [4.78, 5) is 14.8. The zero-order valence-corrected chi connectivity index (χ0v) is 13.5. The first-order valence-corrected chi connectivity index (χ1v) is 8.09. The Morgan fingerprint density at radius 3 is 2.38 bits per heavy atom. The molecule has 1 fully saturated rings. The third-order valence-electron chi connectivity index (χ3n) is 4.32. The minimum atomic E-state index is -0.380. The van der Waals surface area contributed by atoms with Crippen LogP contribution in [0.1, 0.15) is 45.6 Å². The second-order valence-corrected chi connectivity index (χ2v) is 6.77. The van der Waals surface area contributed by atoms with Crippen molar-refractivity contribution in [2.75, 3.05) is 0 Å². The second kappa shape index (κ2) is 7.08. The first-order chi connectivity index (χ1) is 9.99. The molecule has 0 aliphatic heterocycles. The molecule has 0 aromatic heterocycles. The lowest BCUT2D eigenvalue weighted by Crippen LogP contribution is -2.48. The highest BCUT2D eigenvalue weighted by Gasteiger charge is 2.35. The number of nitrogens with two attached hydrogens (primary N) is 1. The van der Waals surface area contributed by atoms with E-state index in [0.29, 0.717) is 18.4 Å². The fraction of sp³-hybridized carbons (Fsp3) is 0.611. The van der Waals surface area contributed by atoms with E-state index in [9.17, 15) is 4.79 Å². The molecule has 2 rings (SSSR count). The summed E-state index contributed by atoms with van der Waals surface area (Å²) in [6.45, 7) is 7.06. The number of carbonyl (C=O) groups excluding carboxylic acids is 1. The van der Waals surface area contributed by atoms with E-state index in [0.717, 1.165) is 6.42 Å². The van der Waals surface area contributed by atoms with Gasteiger partial charge in [0.05, 0.1) is 6.04 Å². The maximum Gasteiger partial charge on any atom is 0.240 e. The second-order valence-electron chi connectivity index (χ2n) is 6.77. The Balaban J connectivity index is 2.09. The topological polar surface area (TPSA) is 46.3 Å². The van der Waals surface area contributed by atoms with E-state index in [2.05, 4.69) is 32.9 Å². The van der Waals surface area contributed by atoms with Crippen molar-refractivity contribution >= 4 is 5.91 Å². The fourth-order valence-corrected chi connectivity index (χ4v) is 2.86. The molecule has 3 heteroatoms. The minimum absolute atomic E-state index is 0.104. The summed E-state index contributed by atoms with van der Waals surface area (Å²) in [5.41, 5.74) is 7.32. The van der Waals surface area contributed by atoms with Gasteiger partial charge in [-0.25, -0.2) is 0 Å². The maximum absolute atomic E-state index is 12.8. The Morgan fingerprint density at radius 1 is 1.24 bits per heavy atom. The quantitative estimate of drug-likeness (QED) is 0.837. The molecular formula is C18H28N2O. The molecule has 2 N–H and O–H groups in total. The SMILES string of the molecule is CC(C)C[C@H](N)C(=O)N(Cc1ccccc1)C(C)C1CC1. The van der Waals surface area contributed by atoms with E-state index in [1.165, 1.54) is 18.4 Å². The molecule has 1 amide bonds. The average Bonchev–Trinajstić information content (AvgIpc) is 3.28. The summed E-state index contributed by atoms with van der Waals surface area (Å²) in [5.74, 6) is 1.20. The van der Waals surface area contributed by atoms with Gasteiger partial charge in [-0.15, -0.1) is 0 Å². The van der Waals surface area contributed by atoms with Gasteiger partial charge in [-0.2, -0.15) is 0 Å². The molecule has 21 heavy (non-hydrogen) atoms. The van der Waals surface area contributed by atoms with Crippen LogP contribution in [-0.2, 0) is 11.3 Å². The molecule has 0 saturated heterocycles. The number of benzene rings is 1. The van der Waals surface area contributed by atoms with Gasteiger partial charge in [0.1, 0.15) is 0 Å². The van der Waals surface area contributed by atoms with Crippen molar-refractivity contribution in [2.45, 2.75) is 58.7 Å². The summed E-state index contributed by atoms with van der Waals surface area (Å²) in [6.07, 6.45) is 3.22. The fourth-order valence-electron chi connectivity index (χ4n) is 2.86. The molecule has 0 heterocycles. The van der Waals surface area contributed by atoms with Gasteiger partial charge in [0.25, 0.3) is 0 Å². The van der Waals surface area contributed by atoms with E-state index >= 15 is 0 Å². The summed E-state index contributed by atoms with van der Waals surface area (Å²) < 4.78 is 0. The Kier molecular flexibility index (Phi) is 5.40. The Bertz CT molecular complexity index is 454. The van der Waals surface area contributed by atoms with Crippen molar-refractivity contribution in [1.29, 1.82) is 0 Å². The van der Waals surface area contributed by atoms with Gasteiger partial charge in [0.15, 0.2) is 0 Å². The lowest BCUT2D eigenvalue weighted by Gasteiger charge is -2.32. The van der Waals surface area contributed by atoms with Crippen molar-refractivity contribution < 1.29 is 4.79 Å². The Morgan fingerprint density at radius 2 is 1.86 bits per heavy atom. The minimum Gasteiger partial charge on any atom is -0.334 e. The number of hydrogen-bond donors (Lipinski definition) is 1. The molecule has 1 aliphatic carbocycles. The molecule has 0 radical (unpaired) electrons. The van der Waals surface area contributed by atoms with Crippen LogP contribution in [-0.4, -0.2) is 22.9 Å². The molecule has 1 unspecified atom stereocenters. The molecule has 0 spiro atoms. The zero-order chi connectivity index (χ0) is 15.4. The van der Waals surface area contributed by atoms with Crippen molar-refractivity contribution in [3.63, 3.8) is 0 Å². The highest BCUT2D eigenvalue weighted by Crippen LogP contribution is 2.36. The maximum atomic E-state index is 12.8. The Hall–Kier alpha value is -1.35. The van der Waals surface area contributed by atoms with Crippen LogP contribution in [0.5, 0.6) is 0 Å². The van der Waals surface area contributed by atoms with Gasteiger partial charge in [0.2, 0.25) is 5.91 Å². The molecule has 3 nitrogen and oxygen atoms in total. The predicted octanol–water partition coefficient (Wildman–Crippen LogP) is 3.19. The lowest BCUT2D eigenvalue weighted by molar-refractivity contribution is -0.136. The molecule has 116 valence electrons. The van der Waals surface area contributed by atoms with Crippen LogP contribution in [0.25, 0.3) is 0 Å². The predicted molar refractivity (Wildman–Crippen MR) is 86.6 cm³/mol. The summed E-state index contributed by atoms with van der Waals surface area (Å²) in [7, 11) is 0. The number of rotatable bonds is 7. The lowest BCUT2D eigenvalue weighted by atomic mass is 10.0. The number of carbonyl (C=O) groups is 1. The van der Waals surface area contributed by atoms with E-state index in [-0.39, 0.29) is 18.0 Å². The van der Waals surface area contributed by atoms with Gasteiger partial charge in [-0.05, 0) is 43.6 Å². The van der Waals surface area contributed by atoms with Crippen molar-refractivity contribution in [3.8, 4) is 0 Å². The molecule has 1 saturated carbocycles. The smallest absolute Gasteiger partial charge is 0.240 e. The van der Waals surface area contributed by atoms with Crippen molar-refractivity contribution in [3.05, 3.63) is 35.9 Å². The molecule has 1 aliphatic rings. The molecule has 1 aromatic rings. The summed E-state index contributed by atoms with van der Waals surface area (Å²) in [5, 5.41) is 0. The van der Waals surface area contributed by atoms with E-state index in [4.69, 9.17) is 5.73 Å². The molecule has 0 bridgehead atoms. The van der Waals surface area contributed by atoms with Gasteiger partial charge < -0.3 is 10.6 Å². The highest BCUT2D eigenvalue weighted by atomic mass is 16.2. The van der Waals surface area contributed by atoms with Gasteiger partial charge >= 0.3 is 0 Å². The third kappa shape index (κ3) is 4.57. The largest absolute Gasteiger partial charge is 0.334 e. The van der Waals surface area contributed by atoms with Crippen molar-refractivity contribution in [2.24, 2.45) is 17.6 Å². The van der Waals surface area contributed by atoms with Crippen LogP contribution >= 0.6 is 0 Å². The van der Waals surface area contributed by atoms with Crippen LogP contribution in [0, 0.1) is 11.8 Å². The molecule has 1 aromatic carbocycles.